The maximum atomic E-state index is 10.9. The van der Waals surface area contributed by atoms with Gasteiger partial charge in [-0.1, -0.05) is 0 Å². The molecule has 0 bridgehead atoms. The quantitative estimate of drug-likeness (QED) is 0.425. The van der Waals surface area contributed by atoms with Gasteiger partial charge in [0.05, 0.1) is 0 Å². The number of hydrogen-bond donors (Lipinski definition) is 4. The predicted molar refractivity (Wildman–Crippen MR) is 66.1 cm³/mol. The second kappa shape index (κ2) is 4.97. The zero-order valence-electron chi connectivity index (χ0n) is 9.03. The Morgan fingerprint density at radius 3 is 2.44 bits per heavy atom. The van der Waals surface area contributed by atoms with Gasteiger partial charge in [-0.3, -0.25) is 0 Å². The summed E-state index contributed by atoms with van der Waals surface area (Å²) in [4.78, 5) is 11.2. The summed E-state index contributed by atoms with van der Waals surface area (Å²) in [6.45, 7) is 0. The summed E-state index contributed by atoms with van der Waals surface area (Å²) in [6, 6.07) is 4.54. The number of phenols is 1. The molecule has 0 amide bonds. The molecule has 1 aromatic heterocycles. The Kier molecular flexibility index (Phi) is 3.38. The molecule has 0 fully saturated rings. The van der Waals surface area contributed by atoms with Gasteiger partial charge in [-0.05, 0) is 0 Å². The number of nitrogens with one attached hydrogen (secondary N) is 1. The van der Waals surface area contributed by atoms with E-state index in [9.17, 15) is 8.85 Å². The van der Waals surface area contributed by atoms with Crippen LogP contribution in [0.1, 0.15) is 0 Å². The van der Waals surface area contributed by atoms with Crippen LogP contribution in [0.5, 0.6) is 5.75 Å². The Labute approximate surface area is 108 Å². The molecule has 18 heavy (non-hydrogen) atoms. The van der Waals surface area contributed by atoms with Gasteiger partial charge in [-0.25, -0.2) is 0 Å². The fraction of sp³-hybridized carbons (Fsp3) is 0. The van der Waals surface area contributed by atoms with Crippen molar-refractivity contribution in [3.05, 3.63) is 18.2 Å². The molecular formula is C9H9AsN6O2. The average Bonchev–Trinajstić information content (AvgIpc) is 2.30. The van der Waals surface area contributed by atoms with Crippen molar-refractivity contribution in [2.75, 3.05) is 16.8 Å². The summed E-state index contributed by atoms with van der Waals surface area (Å²) in [5, 5.41) is 12.4. The Balaban J connectivity index is 2.35. The third-order valence-corrected chi connectivity index (χ3v) is 3.03. The molecule has 0 saturated carbocycles. The first-order valence-corrected chi connectivity index (χ1v) is 6.49. The summed E-state index contributed by atoms with van der Waals surface area (Å²) < 4.78 is 11.5. The number of aromatic hydroxyl groups is 1. The molecule has 1 heterocycles. The van der Waals surface area contributed by atoms with Crippen LogP contribution in [0.25, 0.3) is 0 Å². The van der Waals surface area contributed by atoms with Crippen molar-refractivity contribution in [2.45, 2.75) is 0 Å². The zero-order chi connectivity index (χ0) is 13.1. The van der Waals surface area contributed by atoms with Crippen LogP contribution in [-0.4, -0.2) is 35.7 Å². The van der Waals surface area contributed by atoms with E-state index < -0.39 is 15.7 Å². The Bertz CT molecular complexity index is 585. The third-order valence-electron chi connectivity index (χ3n) is 2.00. The Morgan fingerprint density at radius 1 is 1.17 bits per heavy atom. The van der Waals surface area contributed by atoms with E-state index in [1.54, 1.807) is 12.1 Å². The molecular weight excluding hydrogens is 299 g/mol. The SMILES string of the molecule is Nc1nc(N)nc(Nc2cc([As]=O)ccc2O)n1. The molecule has 0 aliphatic heterocycles. The van der Waals surface area contributed by atoms with Gasteiger partial charge in [0, 0.05) is 0 Å². The molecule has 9 heteroatoms. The van der Waals surface area contributed by atoms with Gasteiger partial charge in [0.2, 0.25) is 0 Å². The van der Waals surface area contributed by atoms with Crippen LogP contribution in [0, 0.1) is 0 Å². The van der Waals surface area contributed by atoms with Gasteiger partial charge < -0.3 is 0 Å². The van der Waals surface area contributed by atoms with E-state index in [2.05, 4.69) is 20.3 Å². The zero-order valence-corrected chi connectivity index (χ0v) is 10.9. The second-order valence-corrected chi connectivity index (χ2v) is 4.76. The van der Waals surface area contributed by atoms with Gasteiger partial charge in [-0.2, -0.15) is 0 Å². The Morgan fingerprint density at radius 2 is 1.83 bits per heavy atom. The number of phenolic OH excluding ortho intramolecular Hbond substituents is 1. The molecule has 0 aliphatic carbocycles. The molecule has 1 aromatic carbocycles. The number of anilines is 4. The average molecular weight is 308 g/mol. The molecule has 0 aliphatic rings. The first-order chi connectivity index (χ1) is 8.58. The summed E-state index contributed by atoms with van der Waals surface area (Å²) >= 11 is -1.18. The molecule has 0 radical (unpaired) electrons. The van der Waals surface area contributed by atoms with E-state index in [0.717, 1.165) is 0 Å². The number of benzene rings is 1. The molecule has 92 valence electrons. The minimum atomic E-state index is -1.18. The van der Waals surface area contributed by atoms with Crippen LogP contribution in [-0.2, 0) is 3.74 Å². The van der Waals surface area contributed by atoms with Crippen molar-refractivity contribution in [3.8, 4) is 5.75 Å². The molecule has 0 saturated heterocycles. The van der Waals surface area contributed by atoms with E-state index in [0.29, 0.717) is 10.0 Å². The Hall–Kier alpha value is -2.21. The van der Waals surface area contributed by atoms with Crippen molar-refractivity contribution >= 4 is 43.6 Å². The standard InChI is InChI=1S/C9H9AsN6O2/c11-7-14-8(12)16-9(15-7)13-5-3-4(10-18)1-2-6(5)17/h1-3,17H,(H5,11,12,13,14,15,16). The summed E-state index contributed by atoms with van der Waals surface area (Å²) in [6.07, 6.45) is 0. The van der Waals surface area contributed by atoms with E-state index in [1.165, 1.54) is 6.07 Å². The topological polar surface area (TPSA) is 140 Å². The number of aromatic nitrogens is 3. The second-order valence-electron chi connectivity index (χ2n) is 3.29. The molecule has 2 rings (SSSR count). The van der Waals surface area contributed by atoms with Crippen LogP contribution in [0.15, 0.2) is 18.2 Å². The van der Waals surface area contributed by atoms with Crippen LogP contribution in [0.4, 0.5) is 23.5 Å². The van der Waals surface area contributed by atoms with Crippen LogP contribution < -0.4 is 21.1 Å². The van der Waals surface area contributed by atoms with Crippen molar-refractivity contribution in [2.24, 2.45) is 0 Å². The van der Waals surface area contributed by atoms with E-state index >= 15 is 0 Å². The monoisotopic (exact) mass is 308 g/mol. The van der Waals surface area contributed by atoms with Crippen molar-refractivity contribution in [1.29, 1.82) is 0 Å². The summed E-state index contributed by atoms with van der Waals surface area (Å²) in [7, 11) is 0. The van der Waals surface area contributed by atoms with E-state index in [4.69, 9.17) is 11.5 Å². The fourth-order valence-electron chi connectivity index (χ4n) is 1.27. The van der Waals surface area contributed by atoms with Crippen LogP contribution >= 0.6 is 0 Å². The number of nitrogens with zero attached hydrogens (tertiary/aromatic N) is 3. The molecule has 0 unspecified atom stereocenters. The maximum absolute atomic E-state index is 10.9. The molecule has 8 nitrogen and oxygen atoms in total. The number of rotatable bonds is 3. The van der Waals surface area contributed by atoms with Crippen molar-refractivity contribution < 1.29 is 8.85 Å². The molecule has 2 aromatic rings. The number of nitrogens with two attached hydrogens (primary N) is 2. The third kappa shape index (κ3) is 2.72. The summed E-state index contributed by atoms with van der Waals surface area (Å²) in [5.74, 6) is 0.0205. The molecule has 0 atom stereocenters. The fourth-order valence-corrected chi connectivity index (χ4v) is 1.93. The normalized spacial score (nSPS) is 10.4. The van der Waals surface area contributed by atoms with Gasteiger partial charge in [-0.15, -0.1) is 0 Å². The van der Waals surface area contributed by atoms with Gasteiger partial charge in [0.15, 0.2) is 0 Å². The first-order valence-electron chi connectivity index (χ1n) is 4.79. The van der Waals surface area contributed by atoms with Gasteiger partial charge in [0.25, 0.3) is 0 Å². The number of nitrogen functional groups attached to an aromatic ring is 2. The van der Waals surface area contributed by atoms with Crippen LogP contribution in [0.2, 0.25) is 0 Å². The first kappa shape index (κ1) is 12.3. The van der Waals surface area contributed by atoms with E-state index in [1.807, 2.05) is 0 Å². The molecule has 6 N–H and O–H groups in total. The van der Waals surface area contributed by atoms with E-state index in [-0.39, 0.29) is 23.6 Å². The van der Waals surface area contributed by atoms with Gasteiger partial charge >= 0.3 is 108 Å². The number of hydrogen-bond acceptors (Lipinski definition) is 8. The van der Waals surface area contributed by atoms with Crippen molar-refractivity contribution in [1.82, 2.24) is 15.0 Å². The van der Waals surface area contributed by atoms with Crippen molar-refractivity contribution in [3.63, 3.8) is 0 Å². The molecule has 0 spiro atoms. The van der Waals surface area contributed by atoms with Crippen LogP contribution in [0.3, 0.4) is 0 Å². The van der Waals surface area contributed by atoms with Gasteiger partial charge in [0.1, 0.15) is 0 Å². The predicted octanol–water partition coefficient (Wildman–Crippen LogP) is -0.840. The summed E-state index contributed by atoms with van der Waals surface area (Å²) in [5.41, 5.74) is 11.2. The minimum absolute atomic E-state index is 0.0223.